The van der Waals surface area contributed by atoms with Crippen LogP contribution in [-0.2, 0) is 16.1 Å². The van der Waals surface area contributed by atoms with Crippen LogP contribution in [0.2, 0.25) is 0 Å². The first kappa shape index (κ1) is 13.8. The van der Waals surface area contributed by atoms with E-state index in [1.54, 1.807) is 0 Å². The van der Waals surface area contributed by atoms with Crippen molar-refractivity contribution in [2.45, 2.75) is 19.9 Å². The lowest BCUT2D eigenvalue weighted by Gasteiger charge is -2.23. The number of pyridine rings is 1. The third kappa shape index (κ3) is 2.55. The Morgan fingerprint density at radius 2 is 2.00 bits per heavy atom. The number of carboxylic acids is 1. The summed E-state index contributed by atoms with van der Waals surface area (Å²) < 4.78 is 0. The van der Waals surface area contributed by atoms with Crippen molar-refractivity contribution in [3.05, 3.63) is 41.7 Å². The lowest BCUT2D eigenvalue weighted by atomic mass is 9.82. The van der Waals surface area contributed by atoms with Gasteiger partial charge in [0.2, 0.25) is 5.91 Å². The number of carbonyl (C=O) groups excluding carboxylic acids is 1. The van der Waals surface area contributed by atoms with E-state index in [4.69, 9.17) is 0 Å². The second-order valence-corrected chi connectivity index (χ2v) is 5.83. The summed E-state index contributed by atoms with van der Waals surface area (Å²) in [4.78, 5) is 28.1. The molecule has 1 aromatic rings. The summed E-state index contributed by atoms with van der Waals surface area (Å²) >= 11 is 0. The Hall–Kier alpha value is -2.17. The van der Waals surface area contributed by atoms with E-state index in [-0.39, 0.29) is 17.7 Å². The van der Waals surface area contributed by atoms with Gasteiger partial charge in [-0.1, -0.05) is 18.2 Å². The van der Waals surface area contributed by atoms with Crippen LogP contribution in [0.15, 0.2) is 30.4 Å². The summed E-state index contributed by atoms with van der Waals surface area (Å²) in [5.41, 5.74) is 1.68. The zero-order valence-corrected chi connectivity index (χ0v) is 11.8. The predicted molar refractivity (Wildman–Crippen MR) is 76.2 cm³/mol. The number of hydrogen-bond acceptors (Lipinski definition) is 3. The molecule has 0 radical (unpaired) electrons. The molecule has 0 aromatic carbocycles. The van der Waals surface area contributed by atoms with Gasteiger partial charge < -0.3 is 10.4 Å². The molecule has 1 aromatic heterocycles. The number of nitrogens with zero attached hydrogens (tertiary/aromatic N) is 1. The molecule has 5 heteroatoms. The highest BCUT2D eigenvalue weighted by molar-refractivity contribution is 5.86. The quantitative estimate of drug-likeness (QED) is 0.823. The van der Waals surface area contributed by atoms with E-state index < -0.39 is 17.8 Å². The molecule has 1 amide bonds. The number of carbonyl (C=O) groups is 2. The standard InChI is InChI=1S/C16H18N2O3/c1-9-3-2-4-12(18-9)8-17-15(19)13-10-5-6-11(7-10)14(13)16(20)21/h2-6,10-11,13-14H,7-8H2,1H3,(H,17,19)(H,20,21)/t10?,11?,13-,14+/m0/s1. The number of aromatic nitrogens is 1. The van der Waals surface area contributed by atoms with Crippen LogP contribution < -0.4 is 5.32 Å². The Morgan fingerprint density at radius 3 is 2.67 bits per heavy atom. The second-order valence-electron chi connectivity index (χ2n) is 5.83. The Balaban J connectivity index is 1.68. The highest BCUT2D eigenvalue weighted by Gasteiger charge is 2.51. The molecule has 110 valence electrons. The summed E-state index contributed by atoms with van der Waals surface area (Å²) in [7, 11) is 0. The number of nitrogens with one attached hydrogen (secondary N) is 1. The molecular weight excluding hydrogens is 268 g/mol. The summed E-state index contributed by atoms with van der Waals surface area (Å²) in [6.07, 6.45) is 4.70. The third-order valence-electron chi connectivity index (χ3n) is 4.44. The fourth-order valence-electron chi connectivity index (χ4n) is 3.51. The Morgan fingerprint density at radius 1 is 1.29 bits per heavy atom. The molecule has 4 atom stereocenters. The number of fused-ring (bicyclic) bond motifs is 2. The fourth-order valence-corrected chi connectivity index (χ4v) is 3.51. The Kier molecular flexibility index (Phi) is 3.49. The number of rotatable bonds is 4. The van der Waals surface area contributed by atoms with Crippen LogP contribution in [0, 0.1) is 30.6 Å². The van der Waals surface area contributed by atoms with Crippen molar-refractivity contribution in [1.82, 2.24) is 10.3 Å². The summed E-state index contributed by atoms with van der Waals surface area (Å²) in [5, 5.41) is 12.2. The molecule has 1 fully saturated rings. The maximum Gasteiger partial charge on any atom is 0.307 e. The van der Waals surface area contributed by atoms with E-state index in [1.165, 1.54) is 0 Å². The molecule has 2 N–H and O–H groups in total. The average molecular weight is 286 g/mol. The van der Waals surface area contributed by atoms with E-state index in [1.807, 2.05) is 37.3 Å². The van der Waals surface area contributed by atoms with E-state index in [0.717, 1.165) is 17.8 Å². The monoisotopic (exact) mass is 286 g/mol. The molecule has 0 spiro atoms. The highest BCUT2D eigenvalue weighted by atomic mass is 16.4. The first-order valence-electron chi connectivity index (χ1n) is 7.17. The molecule has 1 heterocycles. The first-order valence-corrected chi connectivity index (χ1v) is 7.17. The van der Waals surface area contributed by atoms with Crippen LogP contribution in [0.4, 0.5) is 0 Å². The molecule has 5 nitrogen and oxygen atoms in total. The zero-order chi connectivity index (χ0) is 15.0. The van der Waals surface area contributed by atoms with Crippen molar-refractivity contribution in [3.63, 3.8) is 0 Å². The van der Waals surface area contributed by atoms with Gasteiger partial charge in [-0.15, -0.1) is 0 Å². The van der Waals surface area contributed by atoms with E-state index in [9.17, 15) is 14.7 Å². The van der Waals surface area contributed by atoms with Crippen molar-refractivity contribution >= 4 is 11.9 Å². The summed E-state index contributed by atoms with van der Waals surface area (Å²) in [6, 6.07) is 5.64. The second kappa shape index (κ2) is 5.31. The number of aliphatic carboxylic acids is 1. The van der Waals surface area contributed by atoms with Crippen LogP contribution >= 0.6 is 0 Å². The van der Waals surface area contributed by atoms with Gasteiger partial charge in [-0.3, -0.25) is 14.6 Å². The van der Waals surface area contributed by atoms with E-state index in [0.29, 0.717) is 6.54 Å². The number of allylic oxidation sites excluding steroid dienone is 2. The van der Waals surface area contributed by atoms with Crippen LogP contribution in [0.1, 0.15) is 17.8 Å². The number of aryl methyl sites for hydroxylation is 1. The lowest BCUT2D eigenvalue weighted by Crippen LogP contribution is -2.40. The smallest absolute Gasteiger partial charge is 0.307 e. The molecular formula is C16H18N2O3. The minimum atomic E-state index is -0.874. The minimum Gasteiger partial charge on any atom is -0.481 e. The molecule has 0 saturated heterocycles. The Bertz CT molecular complexity index is 611. The van der Waals surface area contributed by atoms with Gasteiger partial charge in [-0.05, 0) is 37.3 Å². The SMILES string of the molecule is Cc1cccc(CNC(=O)[C@H]2C3C=CC(C3)[C@H]2C(=O)O)n1. The van der Waals surface area contributed by atoms with Gasteiger partial charge in [-0.2, -0.15) is 0 Å². The van der Waals surface area contributed by atoms with E-state index >= 15 is 0 Å². The van der Waals surface area contributed by atoms with Crippen molar-refractivity contribution in [1.29, 1.82) is 0 Å². The molecule has 2 aliphatic rings. The van der Waals surface area contributed by atoms with Gasteiger partial charge in [0.15, 0.2) is 0 Å². The minimum absolute atomic E-state index is 0.000319. The fraction of sp³-hybridized carbons (Fsp3) is 0.438. The van der Waals surface area contributed by atoms with Gasteiger partial charge in [0.1, 0.15) is 0 Å². The maximum absolute atomic E-state index is 12.4. The highest BCUT2D eigenvalue weighted by Crippen LogP contribution is 2.48. The predicted octanol–water partition coefficient (Wildman–Crippen LogP) is 1.53. The largest absolute Gasteiger partial charge is 0.481 e. The van der Waals surface area contributed by atoms with Crippen molar-refractivity contribution in [2.75, 3.05) is 0 Å². The molecule has 2 bridgehead atoms. The van der Waals surface area contributed by atoms with Crippen LogP contribution in [-0.4, -0.2) is 22.0 Å². The summed E-state index contributed by atoms with van der Waals surface area (Å²) in [6.45, 7) is 2.23. The number of carboxylic acid groups (broad SMARTS) is 1. The zero-order valence-electron chi connectivity index (χ0n) is 11.8. The number of amides is 1. The molecule has 21 heavy (non-hydrogen) atoms. The maximum atomic E-state index is 12.4. The van der Waals surface area contributed by atoms with Crippen molar-refractivity contribution < 1.29 is 14.7 Å². The van der Waals surface area contributed by atoms with Gasteiger partial charge in [0.05, 0.1) is 24.1 Å². The van der Waals surface area contributed by atoms with Crippen LogP contribution in [0.5, 0.6) is 0 Å². The summed E-state index contributed by atoms with van der Waals surface area (Å²) in [5.74, 6) is -2.04. The molecule has 3 rings (SSSR count). The molecule has 1 saturated carbocycles. The lowest BCUT2D eigenvalue weighted by molar-refractivity contribution is -0.147. The first-order chi connectivity index (χ1) is 10.1. The van der Waals surface area contributed by atoms with E-state index in [2.05, 4.69) is 10.3 Å². The molecule has 2 unspecified atom stereocenters. The van der Waals surface area contributed by atoms with Gasteiger partial charge >= 0.3 is 5.97 Å². The normalized spacial score (nSPS) is 29.6. The van der Waals surface area contributed by atoms with Gasteiger partial charge in [0, 0.05) is 5.69 Å². The third-order valence-corrected chi connectivity index (χ3v) is 4.44. The van der Waals surface area contributed by atoms with Crippen LogP contribution in [0.3, 0.4) is 0 Å². The van der Waals surface area contributed by atoms with Crippen molar-refractivity contribution in [3.8, 4) is 0 Å². The van der Waals surface area contributed by atoms with Gasteiger partial charge in [-0.25, -0.2) is 0 Å². The van der Waals surface area contributed by atoms with Crippen molar-refractivity contribution in [2.24, 2.45) is 23.7 Å². The average Bonchev–Trinajstić information content (AvgIpc) is 3.05. The van der Waals surface area contributed by atoms with Gasteiger partial charge in [0.25, 0.3) is 0 Å². The number of hydrogen-bond donors (Lipinski definition) is 2. The molecule has 0 aliphatic heterocycles. The topological polar surface area (TPSA) is 79.3 Å². The molecule has 2 aliphatic carbocycles. The van der Waals surface area contributed by atoms with Crippen LogP contribution in [0.25, 0.3) is 0 Å². The Labute approximate surface area is 123 Å².